The molecule has 30 heavy (non-hydrogen) atoms. The summed E-state index contributed by atoms with van der Waals surface area (Å²) in [4.78, 5) is 43.0. The van der Waals surface area contributed by atoms with E-state index in [1.165, 1.54) is 11.3 Å². The standard InChI is InChI=1S/C21H19N3O4S2/c1-13-19(30-20(22-13)14-7-9-29-12-14)21(27)28-11-17(25)23-15-4-2-5-16(10-15)24-8-3-6-18(24)26/h2,4-5,7,9-10,12H,3,6,8,11H2,1H3,(H,23,25). The van der Waals surface area contributed by atoms with Crippen LogP contribution in [0.15, 0.2) is 41.1 Å². The molecular weight excluding hydrogens is 422 g/mol. The van der Waals surface area contributed by atoms with E-state index in [1.807, 2.05) is 22.9 Å². The van der Waals surface area contributed by atoms with Crippen molar-refractivity contribution in [1.29, 1.82) is 0 Å². The summed E-state index contributed by atoms with van der Waals surface area (Å²) >= 11 is 2.81. The van der Waals surface area contributed by atoms with Crippen LogP contribution >= 0.6 is 22.7 Å². The van der Waals surface area contributed by atoms with E-state index in [-0.39, 0.29) is 5.91 Å². The third kappa shape index (κ3) is 4.42. The van der Waals surface area contributed by atoms with Gasteiger partial charge in [0.15, 0.2) is 6.61 Å². The highest BCUT2D eigenvalue weighted by Gasteiger charge is 2.22. The van der Waals surface area contributed by atoms with Crippen LogP contribution in [0.5, 0.6) is 0 Å². The average molecular weight is 442 g/mol. The molecule has 2 aromatic heterocycles. The Balaban J connectivity index is 1.35. The van der Waals surface area contributed by atoms with Crippen LogP contribution in [0.3, 0.4) is 0 Å². The number of rotatable bonds is 6. The van der Waals surface area contributed by atoms with Crippen LogP contribution in [-0.2, 0) is 14.3 Å². The molecule has 1 N–H and O–H groups in total. The molecule has 7 nitrogen and oxygen atoms in total. The number of aryl methyl sites for hydroxylation is 1. The fourth-order valence-electron chi connectivity index (χ4n) is 3.16. The first kappa shape index (κ1) is 20.2. The number of carbonyl (C=O) groups excluding carboxylic acids is 3. The molecule has 154 valence electrons. The first-order chi connectivity index (χ1) is 14.5. The number of anilines is 2. The number of esters is 1. The number of carbonyl (C=O) groups is 3. The van der Waals surface area contributed by atoms with Crippen LogP contribution in [0.4, 0.5) is 11.4 Å². The molecule has 1 aromatic carbocycles. The first-order valence-electron chi connectivity index (χ1n) is 9.38. The van der Waals surface area contributed by atoms with Crippen LogP contribution in [0.1, 0.15) is 28.2 Å². The number of thiophene rings is 1. The highest BCUT2D eigenvalue weighted by atomic mass is 32.1. The molecule has 1 fully saturated rings. The molecule has 3 aromatic rings. The molecule has 9 heteroatoms. The summed E-state index contributed by atoms with van der Waals surface area (Å²) in [6.45, 7) is 2.01. The number of aromatic nitrogens is 1. The fourth-order valence-corrected chi connectivity index (χ4v) is 4.83. The Hall–Kier alpha value is -3.04. The minimum absolute atomic E-state index is 0.0779. The highest BCUT2D eigenvalue weighted by Crippen LogP contribution is 2.30. The number of amides is 2. The Labute approximate surface area is 181 Å². The minimum Gasteiger partial charge on any atom is -0.451 e. The molecule has 1 aliphatic heterocycles. The van der Waals surface area contributed by atoms with Crippen LogP contribution in [-0.4, -0.2) is 35.9 Å². The van der Waals surface area contributed by atoms with Crippen LogP contribution < -0.4 is 10.2 Å². The molecule has 0 radical (unpaired) electrons. The SMILES string of the molecule is Cc1nc(-c2ccsc2)sc1C(=O)OCC(=O)Nc1cccc(N2CCCC2=O)c1. The van der Waals surface area contributed by atoms with Crippen molar-refractivity contribution < 1.29 is 19.1 Å². The molecule has 0 spiro atoms. The van der Waals surface area contributed by atoms with E-state index in [0.29, 0.717) is 29.2 Å². The predicted molar refractivity (Wildman–Crippen MR) is 117 cm³/mol. The van der Waals surface area contributed by atoms with Gasteiger partial charge in [-0.2, -0.15) is 11.3 Å². The van der Waals surface area contributed by atoms with Gasteiger partial charge in [0, 0.05) is 35.3 Å². The van der Waals surface area contributed by atoms with Crippen molar-refractivity contribution in [1.82, 2.24) is 4.98 Å². The summed E-state index contributed by atoms with van der Waals surface area (Å²) in [5.74, 6) is -0.944. The minimum atomic E-state index is -0.571. The average Bonchev–Trinajstić information content (AvgIpc) is 3.47. The first-order valence-corrected chi connectivity index (χ1v) is 11.1. The molecule has 0 aliphatic carbocycles. The van der Waals surface area contributed by atoms with Crippen molar-refractivity contribution >= 4 is 51.8 Å². The third-order valence-corrected chi connectivity index (χ3v) is 6.47. The second-order valence-electron chi connectivity index (χ2n) is 6.77. The maximum atomic E-state index is 12.4. The number of benzene rings is 1. The maximum Gasteiger partial charge on any atom is 0.350 e. The number of hydrogen-bond acceptors (Lipinski definition) is 7. The van der Waals surface area contributed by atoms with Crippen molar-refractivity contribution in [3.63, 3.8) is 0 Å². The number of nitrogens with one attached hydrogen (secondary N) is 1. The fraction of sp³-hybridized carbons (Fsp3) is 0.238. The van der Waals surface area contributed by atoms with E-state index in [2.05, 4.69) is 10.3 Å². The van der Waals surface area contributed by atoms with Crippen molar-refractivity contribution in [2.75, 3.05) is 23.4 Å². The molecule has 4 rings (SSSR count). The van der Waals surface area contributed by atoms with Crippen LogP contribution in [0, 0.1) is 6.92 Å². The van der Waals surface area contributed by atoms with Gasteiger partial charge in [0.1, 0.15) is 9.88 Å². The Bertz CT molecular complexity index is 1090. The van der Waals surface area contributed by atoms with E-state index in [9.17, 15) is 14.4 Å². The Kier molecular flexibility index (Phi) is 5.91. The lowest BCUT2D eigenvalue weighted by atomic mass is 10.2. The zero-order valence-corrected chi connectivity index (χ0v) is 17.8. The van der Waals surface area contributed by atoms with Gasteiger partial charge in [-0.05, 0) is 43.0 Å². The van der Waals surface area contributed by atoms with Gasteiger partial charge in [-0.3, -0.25) is 9.59 Å². The van der Waals surface area contributed by atoms with Crippen molar-refractivity contribution in [2.45, 2.75) is 19.8 Å². The quantitative estimate of drug-likeness (QED) is 0.582. The van der Waals surface area contributed by atoms with E-state index in [1.54, 1.807) is 41.4 Å². The maximum absolute atomic E-state index is 12.4. The van der Waals surface area contributed by atoms with E-state index in [4.69, 9.17) is 4.74 Å². The number of ether oxygens (including phenoxy) is 1. The monoisotopic (exact) mass is 441 g/mol. The van der Waals surface area contributed by atoms with Gasteiger partial charge >= 0.3 is 5.97 Å². The molecular formula is C21H19N3O4S2. The molecule has 3 heterocycles. The van der Waals surface area contributed by atoms with Gasteiger partial charge < -0.3 is 15.0 Å². The summed E-state index contributed by atoms with van der Waals surface area (Å²) in [5, 5.41) is 7.36. The van der Waals surface area contributed by atoms with E-state index >= 15 is 0 Å². The Morgan fingerprint density at radius 1 is 1.30 bits per heavy atom. The topological polar surface area (TPSA) is 88.6 Å². The smallest absolute Gasteiger partial charge is 0.350 e. The van der Waals surface area contributed by atoms with Crippen molar-refractivity contribution in [3.05, 3.63) is 51.7 Å². The third-order valence-electron chi connectivity index (χ3n) is 4.60. The van der Waals surface area contributed by atoms with Gasteiger partial charge in [0.05, 0.1) is 5.69 Å². The van der Waals surface area contributed by atoms with Crippen LogP contribution in [0.25, 0.3) is 10.6 Å². The van der Waals surface area contributed by atoms with Gasteiger partial charge in [-0.25, -0.2) is 9.78 Å². The second kappa shape index (κ2) is 8.76. The normalized spacial score (nSPS) is 13.5. The molecule has 0 bridgehead atoms. The van der Waals surface area contributed by atoms with Crippen molar-refractivity contribution in [3.8, 4) is 10.6 Å². The van der Waals surface area contributed by atoms with Gasteiger partial charge in [0.2, 0.25) is 5.91 Å². The highest BCUT2D eigenvalue weighted by molar-refractivity contribution is 7.17. The molecule has 2 amide bonds. The lowest BCUT2D eigenvalue weighted by Gasteiger charge is -2.16. The zero-order valence-electron chi connectivity index (χ0n) is 16.2. The van der Waals surface area contributed by atoms with Gasteiger partial charge in [-0.1, -0.05) is 6.07 Å². The number of thiazole rings is 1. The molecule has 0 saturated carbocycles. The summed E-state index contributed by atoms with van der Waals surface area (Å²) in [6, 6.07) is 9.01. The number of hydrogen-bond donors (Lipinski definition) is 1. The summed E-state index contributed by atoms with van der Waals surface area (Å²) in [7, 11) is 0. The summed E-state index contributed by atoms with van der Waals surface area (Å²) < 4.78 is 5.18. The van der Waals surface area contributed by atoms with E-state index in [0.717, 1.165) is 22.7 Å². The van der Waals surface area contributed by atoms with Crippen LogP contribution in [0.2, 0.25) is 0 Å². The van der Waals surface area contributed by atoms with Gasteiger partial charge in [0.25, 0.3) is 5.91 Å². The Morgan fingerprint density at radius 2 is 2.17 bits per heavy atom. The van der Waals surface area contributed by atoms with Gasteiger partial charge in [-0.15, -0.1) is 11.3 Å². The van der Waals surface area contributed by atoms with E-state index < -0.39 is 18.5 Å². The van der Waals surface area contributed by atoms with Crippen molar-refractivity contribution in [2.24, 2.45) is 0 Å². The summed E-state index contributed by atoms with van der Waals surface area (Å²) in [6.07, 6.45) is 1.37. The summed E-state index contributed by atoms with van der Waals surface area (Å²) in [5.41, 5.74) is 2.83. The molecule has 0 unspecified atom stereocenters. The molecule has 1 aliphatic rings. The predicted octanol–water partition coefficient (Wildman–Crippen LogP) is 4.10. The zero-order chi connectivity index (χ0) is 21.1. The number of nitrogens with zero attached hydrogens (tertiary/aromatic N) is 2. The molecule has 0 atom stereocenters. The second-order valence-corrected chi connectivity index (χ2v) is 8.55. The lowest BCUT2D eigenvalue weighted by molar-refractivity contribution is -0.119. The lowest BCUT2D eigenvalue weighted by Crippen LogP contribution is -2.24. The Morgan fingerprint density at radius 3 is 2.90 bits per heavy atom. The molecule has 1 saturated heterocycles. The largest absolute Gasteiger partial charge is 0.451 e.